The fraction of sp³-hybridized carbons (Fsp3) is 0.923. The van der Waals surface area contributed by atoms with Crippen LogP contribution in [0.25, 0.3) is 0 Å². The lowest BCUT2D eigenvalue weighted by atomic mass is 9.79. The van der Waals surface area contributed by atoms with Gasteiger partial charge < -0.3 is 15.0 Å². The zero-order valence-corrected chi connectivity index (χ0v) is 10.9. The summed E-state index contributed by atoms with van der Waals surface area (Å²) >= 11 is 0. The van der Waals surface area contributed by atoms with Crippen LogP contribution in [0, 0.1) is 5.92 Å². The quantitative estimate of drug-likeness (QED) is 0.753. The van der Waals surface area contributed by atoms with Crippen LogP contribution in [0.15, 0.2) is 0 Å². The highest BCUT2D eigenvalue weighted by Gasteiger charge is 2.34. The van der Waals surface area contributed by atoms with E-state index in [0.29, 0.717) is 30.4 Å². The Bertz CT molecular complexity index is 260. The highest BCUT2D eigenvalue weighted by Crippen LogP contribution is 2.33. The van der Waals surface area contributed by atoms with E-state index in [9.17, 15) is 4.79 Å². The number of nitrogens with one attached hydrogen (secondary N) is 1. The van der Waals surface area contributed by atoms with E-state index in [1.165, 1.54) is 0 Å². The molecule has 1 aliphatic carbocycles. The molecule has 1 saturated heterocycles. The monoisotopic (exact) mass is 240 g/mol. The Balaban J connectivity index is 1.70. The highest BCUT2D eigenvalue weighted by molar-refractivity contribution is 5.77. The first-order chi connectivity index (χ1) is 8.24. The van der Waals surface area contributed by atoms with E-state index in [-0.39, 0.29) is 0 Å². The van der Waals surface area contributed by atoms with E-state index >= 15 is 0 Å². The molecule has 0 unspecified atom stereocenters. The summed E-state index contributed by atoms with van der Waals surface area (Å²) < 4.78 is 5.52. The number of carbonyl (C=O) groups excluding carboxylic acids is 1. The van der Waals surface area contributed by atoms with Gasteiger partial charge in [0.05, 0.1) is 12.1 Å². The molecule has 1 N–H and O–H groups in total. The van der Waals surface area contributed by atoms with Gasteiger partial charge in [0.2, 0.25) is 5.91 Å². The molecule has 2 aliphatic rings. The van der Waals surface area contributed by atoms with Gasteiger partial charge in [0.25, 0.3) is 0 Å². The zero-order chi connectivity index (χ0) is 12.3. The third kappa shape index (κ3) is 2.99. The zero-order valence-electron chi connectivity index (χ0n) is 10.9. The van der Waals surface area contributed by atoms with Crippen molar-refractivity contribution in [2.75, 3.05) is 26.2 Å². The van der Waals surface area contributed by atoms with Crippen LogP contribution in [0.1, 0.15) is 33.1 Å². The van der Waals surface area contributed by atoms with Gasteiger partial charge in [0.15, 0.2) is 0 Å². The number of hydrogen-bond acceptors (Lipinski definition) is 3. The molecule has 17 heavy (non-hydrogen) atoms. The van der Waals surface area contributed by atoms with E-state index in [2.05, 4.69) is 12.2 Å². The lowest BCUT2D eigenvalue weighted by Gasteiger charge is -2.40. The molecule has 0 atom stereocenters. The highest BCUT2D eigenvalue weighted by atomic mass is 16.5. The summed E-state index contributed by atoms with van der Waals surface area (Å²) in [6, 6.07) is 0.440. The summed E-state index contributed by atoms with van der Waals surface area (Å²) in [6.45, 7) is 7.66. The standard InChI is InChI=1S/C13H24N2O2/c1-3-15(11-8-14-9-11)13(16)7-10-5-12(6-10)17-4-2/h10-12,14H,3-9H2,1-2H3. The Morgan fingerprint density at radius 1 is 1.35 bits per heavy atom. The number of rotatable bonds is 6. The largest absolute Gasteiger partial charge is 0.378 e. The van der Waals surface area contributed by atoms with Crippen LogP contribution in [0.4, 0.5) is 0 Å². The second-order valence-electron chi connectivity index (χ2n) is 5.11. The molecule has 4 nitrogen and oxygen atoms in total. The van der Waals surface area contributed by atoms with Crippen LogP contribution in [0.3, 0.4) is 0 Å². The molecule has 2 fully saturated rings. The predicted octanol–water partition coefficient (Wildman–Crippen LogP) is 1.01. The average molecular weight is 240 g/mol. The van der Waals surface area contributed by atoms with Crippen LogP contribution in [0.2, 0.25) is 0 Å². The Labute approximate surface area is 104 Å². The molecule has 1 aliphatic heterocycles. The van der Waals surface area contributed by atoms with Crippen LogP contribution in [0.5, 0.6) is 0 Å². The van der Waals surface area contributed by atoms with Crippen molar-refractivity contribution in [1.82, 2.24) is 10.2 Å². The molecule has 1 amide bonds. The van der Waals surface area contributed by atoms with Crippen LogP contribution in [-0.2, 0) is 9.53 Å². The van der Waals surface area contributed by atoms with Gasteiger partial charge in [-0.3, -0.25) is 4.79 Å². The van der Waals surface area contributed by atoms with E-state index in [0.717, 1.165) is 39.1 Å². The summed E-state index contributed by atoms with van der Waals surface area (Å²) in [4.78, 5) is 14.2. The van der Waals surface area contributed by atoms with Crippen LogP contribution in [-0.4, -0.2) is 49.2 Å². The van der Waals surface area contributed by atoms with Gasteiger partial charge in [-0.15, -0.1) is 0 Å². The van der Waals surface area contributed by atoms with E-state index < -0.39 is 0 Å². The third-order valence-corrected chi connectivity index (χ3v) is 3.92. The smallest absolute Gasteiger partial charge is 0.223 e. The summed E-state index contributed by atoms with van der Waals surface area (Å²) in [6.07, 6.45) is 3.27. The SMILES string of the molecule is CCOC1CC(CC(=O)N(CC)C2CNC2)C1. The molecule has 0 aromatic rings. The van der Waals surface area contributed by atoms with E-state index in [1.54, 1.807) is 0 Å². The van der Waals surface area contributed by atoms with Crippen LogP contribution >= 0.6 is 0 Å². The van der Waals surface area contributed by atoms with Crippen LogP contribution < -0.4 is 5.32 Å². The third-order valence-electron chi connectivity index (χ3n) is 3.92. The molecule has 0 aromatic carbocycles. The predicted molar refractivity (Wildman–Crippen MR) is 66.8 cm³/mol. The first kappa shape index (κ1) is 12.8. The molecule has 0 radical (unpaired) electrons. The lowest BCUT2D eigenvalue weighted by molar-refractivity contribution is -0.137. The topological polar surface area (TPSA) is 41.6 Å². The second kappa shape index (κ2) is 5.83. The van der Waals surface area contributed by atoms with Crippen molar-refractivity contribution >= 4 is 5.91 Å². The molecule has 2 rings (SSSR count). The molecule has 0 bridgehead atoms. The fourth-order valence-corrected chi connectivity index (χ4v) is 2.71. The van der Waals surface area contributed by atoms with E-state index in [4.69, 9.17) is 4.74 Å². The molecule has 1 saturated carbocycles. The fourth-order valence-electron chi connectivity index (χ4n) is 2.71. The minimum atomic E-state index is 0.332. The average Bonchev–Trinajstić information content (AvgIpc) is 2.19. The second-order valence-corrected chi connectivity index (χ2v) is 5.11. The molecule has 0 aromatic heterocycles. The maximum Gasteiger partial charge on any atom is 0.223 e. The summed E-state index contributed by atoms with van der Waals surface area (Å²) in [5, 5.41) is 3.22. The van der Waals surface area contributed by atoms with Gasteiger partial charge in [-0.1, -0.05) is 0 Å². The van der Waals surface area contributed by atoms with Gasteiger partial charge in [0, 0.05) is 32.7 Å². The van der Waals surface area contributed by atoms with Crippen molar-refractivity contribution in [3.05, 3.63) is 0 Å². The number of likely N-dealkylation sites (N-methyl/N-ethyl adjacent to an activating group) is 1. The summed E-state index contributed by atoms with van der Waals surface area (Å²) in [5.41, 5.74) is 0. The first-order valence-corrected chi connectivity index (χ1v) is 6.86. The first-order valence-electron chi connectivity index (χ1n) is 6.86. The lowest BCUT2D eigenvalue weighted by Crippen LogP contribution is -2.59. The number of carbonyl (C=O) groups is 1. The molecule has 4 heteroatoms. The molecular formula is C13H24N2O2. The maximum absolute atomic E-state index is 12.1. The van der Waals surface area contributed by atoms with Gasteiger partial charge >= 0.3 is 0 Å². The van der Waals surface area contributed by atoms with Gasteiger partial charge in [-0.05, 0) is 32.6 Å². The van der Waals surface area contributed by atoms with Crippen molar-refractivity contribution in [1.29, 1.82) is 0 Å². The van der Waals surface area contributed by atoms with Crippen molar-refractivity contribution in [2.24, 2.45) is 5.92 Å². The Morgan fingerprint density at radius 2 is 2.06 bits per heavy atom. The molecular weight excluding hydrogens is 216 g/mol. The number of hydrogen-bond donors (Lipinski definition) is 1. The summed E-state index contributed by atoms with van der Waals surface area (Å²) in [5.74, 6) is 0.889. The number of ether oxygens (including phenoxy) is 1. The Kier molecular flexibility index (Phi) is 4.40. The van der Waals surface area contributed by atoms with Crippen molar-refractivity contribution in [3.8, 4) is 0 Å². The van der Waals surface area contributed by atoms with Gasteiger partial charge in [-0.25, -0.2) is 0 Å². The van der Waals surface area contributed by atoms with Gasteiger partial charge in [0.1, 0.15) is 0 Å². The van der Waals surface area contributed by atoms with Crippen molar-refractivity contribution in [2.45, 2.75) is 45.3 Å². The molecule has 0 spiro atoms. The van der Waals surface area contributed by atoms with Crippen molar-refractivity contribution < 1.29 is 9.53 Å². The summed E-state index contributed by atoms with van der Waals surface area (Å²) in [7, 11) is 0. The van der Waals surface area contributed by atoms with Crippen molar-refractivity contribution in [3.63, 3.8) is 0 Å². The molecule has 1 heterocycles. The van der Waals surface area contributed by atoms with E-state index in [1.807, 2.05) is 11.8 Å². The number of amides is 1. The van der Waals surface area contributed by atoms with Gasteiger partial charge in [-0.2, -0.15) is 0 Å². The maximum atomic E-state index is 12.1. The minimum absolute atomic E-state index is 0.332. The Hall–Kier alpha value is -0.610. The minimum Gasteiger partial charge on any atom is -0.378 e. The number of nitrogens with zero attached hydrogens (tertiary/aromatic N) is 1. The molecule has 98 valence electrons. The normalized spacial score (nSPS) is 28.4. The Morgan fingerprint density at radius 3 is 2.53 bits per heavy atom.